The highest BCUT2D eigenvalue weighted by atomic mass is 19.1. The molecule has 0 radical (unpaired) electrons. The minimum absolute atomic E-state index is 0.0509. The van der Waals surface area contributed by atoms with Gasteiger partial charge in [-0.05, 0) is 18.6 Å². The monoisotopic (exact) mass is 153 g/mol. The smallest absolute Gasteiger partial charge is 0.155 e. The van der Waals surface area contributed by atoms with E-state index in [0.717, 1.165) is 0 Å². The zero-order valence-corrected chi connectivity index (χ0v) is 6.10. The lowest BCUT2D eigenvalue weighted by Gasteiger charge is -2.02. The zero-order valence-electron chi connectivity index (χ0n) is 6.10. The number of nitrogens with two attached hydrogens (primary N) is 1. The Morgan fingerprint density at radius 1 is 1.55 bits per heavy atom. The van der Waals surface area contributed by atoms with Crippen LogP contribution in [0.5, 0.6) is 0 Å². The number of aldehydes is 1. The van der Waals surface area contributed by atoms with Gasteiger partial charge in [-0.1, -0.05) is 6.07 Å². The van der Waals surface area contributed by atoms with Gasteiger partial charge in [-0.2, -0.15) is 0 Å². The Balaban J connectivity index is 3.40. The summed E-state index contributed by atoms with van der Waals surface area (Å²) in [5.41, 5.74) is 6.31. The van der Waals surface area contributed by atoms with E-state index in [9.17, 15) is 9.18 Å². The highest BCUT2D eigenvalue weighted by Crippen LogP contribution is 2.17. The van der Waals surface area contributed by atoms with Crippen LogP contribution in [0.2, 0.25) is 0 Å². The number of carbonyl (C=O) groups excluding carboxylic acids is 1. The van der Waals surface area contributed by atoms with Gasteiger partial charge in [0.15, 0.2) is 6.29 Å². The number of benzene rings is 1. The van der Waals surface area contributed by atoms with E-state index in [1.54, 1.807) is 6.92 Å². The molecule has 0 saturated heterocycles. The van der Waals surface area contributed by atoms with Crippen LogP contribution >= 0.6 is 0 Å². The summed E-state index contributed by atoms with van der Waals surface area (Å²) >= 11 is 0. The van der Waals surface area contributed by atoms with Crippen molar-refractivity contribution in [3.8, 4) is 0 Å². The van der Waals surface area contributed by atoms with Gasteiger partial charge in [-0.25, -0.2) is 4.39 Å². The molecule has 11 heavy (non-hydrogen) atoms. The largest absolute Gasteiger partial charge is 0.398 e. The quantitative estimate of drug-likeness (QED) is 0.491. The summed E-state index contributed by atoms with van der Waals surface area (Å²) in [5.74, 6) is -0.567. The number of hydrogen-bond acceptors (Lipinski definition) is 2. The second kappa shape index (κ2) is 2.70. The summed E-state index contributed by atoms with van der Waals surface area (Å²) in [7, 11) is 0. The fraction of sp³-hybridized carbons (Fsp3) is 0.125. The van der Waals surface area contributed by atoms with E-state index in [0.29, 0.717) is 11.8 Å². The van der Waals surface area contributed by atoms with Crippen molar-refractivity contribution in [1.29, 1.82) is 0 Å². The van der Waals surface area contributed by atoms with Crippen molar-refractivity contribution in [1.82, 2.24) is 0 Å². The molecule has 1 aromatic rings. The van der Waals surface area contributed by atoms with Crippen molar-refractivity contribution in [2.75, 3.05) is 5.73 Å². The Labute approximate surface area is 63.8 Å². The van der Waals surface area contributed by atoms with Crippen LogP contribution in [0.4, 0.5) is 10.1 Å². The van der Waals surface area contributed by atoms with Crippen molar-refractivity contribution in [2.45, 2.75) is 6.92 Å². The first-order valence-electron chi connectivity index (χ1n) is 3.16. The average Bonchev–Trinajstić information content (AvgIpc) is 1.99. The molecule has 0 aliphatic rings. The summed E-state index contributed by atoms with van der Waals surface area (Å²) < 4.78 is 12.7. The number of halogens is 1. The molecule has 0 fully saturated rings. The summed E-state index contributed by atoms with van der Waals surface area (Å²) in [6, 6.07) is 2.77. The van der Waals surface area contributed by atoms with E-state index >= 15 is 0 Å². The average molecular weight is 153 g/mol. The molecule has 1 rings (SSSR count). The van der Waals surface area contributed by atoms with Gasteiger partial charge in [-0.15, -0.1) is 0 Å². The van der Waals surface area contributed by atoms with E-state index in [-0.39, 0.29) is 11.3 Å². The maximum atomic E-state index is 12.7. The number of nitrogen functional groups attached to an aromatic ring is 1. The first kappa shape index (κ1) is 7.72. The third-order valence-corrected chi connectivity index (χ3v) is 1.57. The van der Waals surface area contributed by atoms with Crippen molar-refractivity contribution >= 4 is 12.0 Å². The molecule has 0 aliphatic heterocycles. The van der Waals surface area contributed by atoms with Crippen LogP contribution in [-0.2, 0) is 0 Å². The van der Waals surface area contributed by atoms with Crippen LogP contribution in [0.25, 0.3) is 0 Å². The van der Waals surface area contributed by atoms with Gasteiger partial charge in [0.2, 0.25) is 0 Å². The molecule has 2 N–H and O–H groups in total. The predicted octanol–water partition coefficient (Wildman–Crippen LogP) is 1.53. The fourth-order valence-electron chi connectivity index (χ4n) is 0.839. The van der Waals surface area contributed by atoms with Gasteiger partial charge in [0.25, 0.3) is 0 Å². The van der Waals surface area contributed by atoms with Crippen LogP contribution in [0.1, 0.15) is 15.9 Å². The highest BCUT2D eigenvalue weighted by molar-refractivity contribution is 5.84. The van der Waals surface area contributed by atoms with E-state index in [1.165, 1.54) is 12.1 Å². The maximum Gasteiger partial charge on any atom is 0.155 e. The minimum atomic E-state index is -0.567. The first-order chi connectivity index (χ1) is 5.16. The molecular weight excluding hydrogens is 145 g/mol. The van der Waals surface area contributed by atoms with Crippen molar-refractivity contribution in [3.63, 3.8) is 0 Å². The van der Waals surface area contributed by atoms with E-state index in [2.05, 4.69) is 0 Å². The molecule has 2 nitrogen and oxygen atoms in total. The highest BCUT2D eigenvalue weighted by Gasteiger charge is 2.06. The molecule has 58 valence electrons. The lowest BCUT2D eigenvalue weighted by atomic mass is 10.1. The molecule has 0 bridgehead atoms. The van der Waals surface area contributed by atoms with Gasteiger partial charge in [0.1, 0.15) is 5.82 Å². The van der Waals surface area contributed by atoms with Crippen LogP contribution < -0.4 is 5.73 Å². The number of carbonyl (C=O) groups is 1. The SMILES string of the molecule is Cc1ccc(F)c(C=O)c1N. The molecular formula is C8H8FNO. The lowest BCUT2D eigenvalue weighted by Crippen LogP contribution is -1.98. The Kier molecular flexibility index (Phi) is 1.89. The maximum absolute atomic E-state index is 12.7. The zero-order chi connectivity index (χ0) is 8.43. The van der Waals surface area contributed by atoms with Gasteiger partial charge in [0.05, 0.1) is 5.56 Å². The topological polar surface area (TPSA) is 43.1 Å². The molecule has 0 heterocycles. The number of anilines is 1. The van der Waals surface area contributed by atoms with Gasteiger partial charge < -0.3 is 5.73 Å². The summed E-state index contributed by atoms with van der Waals surface area (Å²) in [6.45, 7) is 1.72. The molecule has 0 atom stereocenters. The molecule has 0 amide bonds. The Bertz CT molecular complexity index is 296. The molecule has 0 unspecified atom stereocenters. The number of hydrogen-bond donors (Lipinski definition) is 1. The Hall–Kier alpha value is -1.38. The molecule has 1 aromatic carbocycles. The summed E-state index contributed by atoms with van der Waals surface area (Å²) in [6.07, 6.45) is 0.428. The van der Waals surface area contributed by atoms with E-state index < -0.39 is 5.82 Å². The first-order valence-corrected chi connectivity index (χ1v) is 3.16. The van der Waals surface area contributed by atoms with Gasteiger partial charge >= 0.3 is 0 Å². The second-order valence-electron chi connectivity index (χ2n) is 2.31. The van der Waals surface area contributed by atoms with Crippen LogP contribution in [0.3, 0.4) is 0 Å². The summed E-state index contributed by atoms with van der Waals surface area (Å²) in [5, 5.41) is 0. The molecule has 0 aromatic heterocycles. The van der Waals surface area contributed by atoms with Crippen molar-refractivity contribution in [3.05, 3.63) is 29.1 Å². The molecule has 3 heteroatoms. The van der Waals surface area contributed by atoms with Crippen LogP contribution in [0.15, 0.2) is 12.1 Å². The van der Waals surface area contributed by atoms with E-state index in [1.807, 2.05) is 0 Å². The Morgan fingerprint density at radius 3 is 2.64 bits per heavy atom. The van der Waals surface area contributed by atoms with Crippen LogP contribution in [0, 0.1) is 12.7 Å². The third kappa shape index (κ3) is 1.22. The fourth-order valence-corrected chi connectivity index (χ4v) is 0.839. The predicted molar refractivity (Wildman–Crippen MR) is 40.9 cm³/mol. The molecule has 0 saturated carbocycles. The van der Waals surface area contributed by atoms with Crippen LogP contribution in [-0.4, -0.2) is 6.29 Å². The summed E-state index contributed by atoms with van der Waals surface area (Å²) in [4.78, 5) is 10.3. The third-order valence-electron chi connectivity index (χ3n) is 1.57. The molecule has 0 aliphatic carbocycles. The minimum Gasteiger partial charge on any atom is -0.398 e. The number of aryl methyl sites for hydroxylation is 1. The number of rotatable bonds is 1. The lowest BCUT2D eigenvalue weighted by molar-refractivity contribution is 0.112. The van der Waals surface area contributed by atoms with Crippen molar-refractivity contribution in [2.24, 2.45) is 0 Å². The van der Waals surface area contributed by atoms with Crippen molar-refractivity contribution < 1.29 is 9.18 Å². The van der Waals surface area contributed by atoms with E-state index in [4.69, 9.17) is 5.73 Å². The van der Waals surface area contributed by atoms with Gasteiger partial charge in [0, 0.05) is 5.69 Å². The molecule has 0 spiro atoms. The second-order valence-corrected chi connectivity index (χ2v) is 2.31. The Morgan fingerprint density at radius 2 is 2.18 bits per heavy atom. The normalized spacial score (nSPS) is 9.64. The van der Waals surface area contributed by atoms with Gasteiger partial charge in [-0.3, -0.25) is 4.79 Å². The standard InChI is InChI=1S/C8H8FNO/c1-5-2-3-7(9)6(4-11)8(5)10/h2-4H,10H2,1H3.